The van der Waals surface area contributed by atoms with E-state index >= 15 is 0 Å². The van der Waals surface area contributed by atoms with Gasteiger partial charge < -0.3 is 10.2 Å². The van der Waals surface area contributed by atoms with Crippen molar-refractivity contribution >= 4 is 22.7 Å². The zero-order valence-electron chi connectivity index (χ0n) is 19.4. The highest BCUT2D eigenvalue weighted by Crippen LogP contribution is 2.44. The molecule has 2 amide bonds. The molecule has 1 aliphatic carbocycles. The highest BCUT2D eigenvalue weighted by molar-refractivity contribution is 6.05. The Balaban J connectivity index is 1.07. The van der Waals surface area contributed by atoms with Crippen LogP contribution in [0.15, 0.2) is 73.1 Å². The van der Waals surface area contributed by atoms with Crippen molar-refractivity contribution in [3.05, 3.63) is 84.3 Å². The van der Waals surface area contributed by atoms with Crippen LogP contribution in [0.5, 0.6) is 0 Å². The summed E-state index contributed by atoms with van der Waals surface area (Å²) in [6, 6.07) is 19.9. The number of carbonyl (C=O) groups is 2. The molecule has 6 rings (SSSR count). The number of fused-ring (bicyclic) bond motifs is 1. The average molecular weight is 466 g/mol. The number of likely N-dealkylation sites (tertiary alicyclic amines) is 1. The number of H-pyrrole nitrogens is 1. The molecule has 2 aromatic carbocycles. The van der Waals surface area contributed by atoms with Crippen LogP contribution in [0.2, 0.25) is 0 Å². The smallest absolute Gasteiger partial charge is 0.275 e. The first-order valence-corrected chi connectivity index (χ1v) is 12.1. The van der Waals surface area contributed by atoms with Crippen molar-refractivity contribution in [2.24, 2.45) is 5.41 Å². The summed E-state index contributed by atoms with van der Waals surface area (Å²) in [5, 5.41) is 11.4. The van der Waals surface area contributed by atoms with Crippen molar-refractivity contribution in [1.82, 2.24) is 25.4 Å². The Hall–Kier alpha value is -4.00. The number of pyridine rings is 1. The molecule has 2 fully saturated rings. The van der Waals surface area contributed by atoms with Crippen LogP contribution < -0.4 is 5.32 Å². The largest absolute Gasteiger partial charge is 0.349 e. The molecule has 176 valence electrons. The summed E-state index contributed by atoms with van der Waals surface area (Å²) < 4.78 is 0. The van der Waals surface area contributed by atoms with Crippen LogP contribution >= 0.6 is 0 Å². The van der Waals surface area contributed by atoms with Gasteiger partial charge >= 0.3 is 0 Å². The monoisotopic (exact) mass is 465 g/mol. The number of rotatable bonds is 4. The lowest BCUT2D eigenvalue weighted by Gasteiger charge is -2.53. The minimum Gasteiger partial charge on any atom is -0.349 e. The van der Waals surface area contributed by atoms with Crippen molar-refractivity contribution in [1.29, 1.82) is 0 Å². The molecule has 7 heteroatoms. The number of benzene rings is 2. The van der Waals surface area contributed by atoms with Crippen LogP contribution in [-0.2, 0) is 0 Å². The van der Waals surface area contributed by atoms with E-state index in [9.17, 15) is 9.59 Å². The summed E-state index contributed by atoms with van der Waals surface area (Å²) >= 11 is 0. The van der Waals surface area contributed by atoms with Gasteiger partial charge in [-0.05, 0) is 61.1 Å². The molecular weight excluding hydrogens is 438 g/mol. The standard InChI is InChI=1S/C28H27N5O2/c34-26(20-10-14-29-15-11-20)30-22-8-12-28(13-9-22)17-33(18-28)27(35)25-23-7-6-21(16-24(23)31-32-25)19-4-2-1-3-5-19/h1-7,10-11,14-16,22H,8-9,12-13,17-18H2,(H,30,34)(H,31,32). The molecule has 0 radical (unpaired) electrons. The van der Waals surface area contributed by atoms with Crippen LogP contribution in [0.1, 0.15) is 46.5 Å². The molecule has 7 nitrogen and oxygen atoms in total. The Morgan fingerprint density at radius 2 is 1.69 bits per heavy atom. The average Bonchev–Trinajstić information content (AvgIpc) is 3.32. The number of amides is 2. The van der Waals surface area contributed by atoms with E-state index in [0.29, 0.717) is 11.3 Å². The third-order valence-electron chi connectivity index (χ3n) is 7.54. The number of aromatic nitrogens is 3. The number of nitrogens with zero attached hydrogens (tertiary/aromatic N) is 3. The van der Waals surface area contributed by atoms with E-state index in [1.165, 1.54) is 0 Å². The highest BCUT2D eigenvalue weighted by Gasteiger charge is 2.47. The van der Waals surface area contributed by atoms with E-state index in [1.807, 2.05) is 41.3 Å². The molecule has 2 aromatic heterocycles. The predicted molar refractivity (Wildman–Crippen MR) is 134 cm³/mol. The van der Waals surface area contributed by atoms with Gasteiger partial charge in [0.15, 0.2) is 5.69 Å². The van der Waals surface area contributed by atoms with Crippen molar-refractivity contribution < 1.29 is 9.59 Å². The Bertz CT molecular complexity index is 1370. The van der Waals surface area contributed by atoms with Gasteiger partial charge in [0.25, 0.3) is 11.8 Å². The van der Waals surface area contributed by atoms with Crippen LogP contribution in [0, 0.1) is 5.41 Å². The second-order valence-corrected chi connectivity index (χ2v) is 9.84. The van der Waals surface area contributed by atoms with E-state index in [0.717, 1.165) is 60.8 Å². The van der Waals surface area contributed by atoms with Gasteiger partial charge in [-0.2, -0.15) is 5.10 Å². The van der Waals surface area contributed by atoms with E-state index in [-0.39, 0.29) is 23.3 Å². The molecule has 0 atom stereocenters. The predicted octanol–water partition coefficient (Wildman–Crippen LogP) is 4.44. The van der Waals surface area contributed by atoms with Gasteiger partial charge in [0.05, 0.1) is 5.52 Å². The normalized spacial score (nSPS) is 17.3. The molecule has 1 saturated heterocycles. The van der Waals surface area contributed by atoms with Crippen LogP contribution in [-0.4, -0.2) is 51.0 Å². The molecule has 1 spiro atoms. The Kier molecular flexibility index (Phi) is 5.32. The van der Waals surface area contributed by atoms with Crippen molar-refractivity contribution in [3.8, 4) is 11.1 Å². The van der Waals surface area contributed by atoms with Crippen molar-refractivity contribution in [2.45, 2.75) is 31.7 Å². The number of aromatic amines is 1. The number of nitrogens with one attached hydrogen (secondary N) is 2. The molecule has 0 unspecified atom stereocenters. The van der Waals surface area contributed by atoms with Gasteiger partial charge in [0.1, 0.15) is 0 Å². The molecule has 2 aliphatic rings. The lowest BCUT2D eigenvalue weighted by Crippen LogP contribution is -2.60. The Labute approximate surface area is 203 Å². The van der Waals surface area contributed by atoms with E-state index < -0.39 is 0 Å². The molecule has 1 saturated carbocycles. The van der Waals surface area contributed by atoms with Crippen LogP contribution in [0.25, 0.3) is 22.0 Å². The Morgan fingerprint density at radius 1 is 0.943 bits per heavy atom. The molecule has 3 heterocycles. The van der Waals surface area contributed by atoms with Crippen LogP contribution in [0.3, 0.4) is 0 Å². The maximum Gasteiger partial charge on any atom is 0.275 e. The number of hydrogen-bond acceptors (Lipinski definition) is 4. The fourth-order valence-electron chi connectivity index (χ4n) is 5.51. The van der Waals surface area contributed by atoms with Gasteiger partial charge in [0.2, 0.25) is 0 Å². The summed E-state index contributed by atoms with van der Waals surface area (Å²) in [4.78, 5) is 31.5. The Morgan fingerprint density at radius 3 is 2.43 bits per heavy atom. The quantitative estimate of drug-likeness (QED) is 0.466. The first-order chi connectivity index (χ1) is 17.1. The van der Waals surface area contributed by atoms with Crippen molar-refractivity contribution in [2.75, 3.05) is 13.1 Å². The first-order valence-electron chi connectivity index (χ1n) is 12.1. The van der Waals surface area contributed by atoms with Crippen LogP contribution in [0.4, 0.5) is 0 Å². The molecule has 4 aromatic rings. The fraction of sp³-hybridized carbons (Fsp3) is 0.286. The van der Waals surface area contributed by atoms with Gasteiger partial charge in [-0.15, -0.1) is 0 Å². The lowest BCUT2D eigenvalue weighted by atomic mass is 9.67. The first kappa shape index (κ1) is 21.5. The summed E-state index contributed by atoms with van der Waals surface area (Å²) in [5.74, 6) is -0.0537. The topological polar surface area (TPSA) is 91.0 Å². The fourth-order valence-corrected chi connectivity index (χ4v) is 5.51. The number of hydrogen-bond donors (Lipinski definition) is 2. The maximum absolute atomic E-state index is 13.2. The van der Waals surface area contributed by atoms with Crippen molar-refractivity contribution in [3.63, 3.8) is 0 Å². The molecule has 35 heavy (non-hydrogen) atoms. The minimum atomic E-state index is -0.0420. The molecular formula is C28H27N5O2. The summed E-state index contributed by atoms with van der Waals surface area (Å²) in [5.41, 5.74) is 4.40. The third kappa shape index (κ3) is 4.07. The van der Waals surface area contributed by atoms with E-state index in [2.05, 4.69) is 32.6 Å². The van der Waals surface area contributed by atoms with E-state index in [1.54, 1.807) is 24.5 Å². The zero-order chi connectivity index (χ0) is 23.8. The second kappa shape index (κ2) is 8.65. The van der Waals surface area contributed by atoms with Gasteiger partial charge in [-0.25, -0.2) is 0 Å². The zero-order valence-corrected chi connectivity index (χ0v) is 19.4. The van der Waals surface area contributed by atoms with Gasteiger partial charge in [0, 0.05) is 47.9 Å². The SMILES string of the molecule is O=C(NC1CCC2(CC1)CN(C(=O)c1n[nH]c3cc(-c4ccccc4)ccc13)C2)c1ccncc1. The molecule has 1 aliphatic heterocycles. The minimum absolute atomic E-state index is 0.0116. The third-order valence-corrected chi connectivity index (χ3v) is 7.54. The molecule has 2 N–H and O–H groups in total. The number of carbonyl (C=O) groups excluding carboxylic acids is 2. The summed E-state index contributed by atoms with van der Waals surface area (Å²) in [6.45, 7) is 1.51. The summed E-state index contributed by atoms with van der Waals surface area (Å²) in [7, 11) is 0. The summed E-state index contributed by atoms with van der Waals surface area (Å²) in [6.07, 6.45) is 7.17. The molecule has 0 bridgehead atoms. The van der Waals surface area contributed by atoms with Gasteiger partial charge in [-0.1, -0.05) is 36.4 Å². The maximum atomic E-state index is 13.2. The second-order valence-electron chi connectivity index (χ2n) is 9.84. The highest BCUT2D eigenvalue weighted by atomic mass is 16.2. The van der Waals surface area contributed by atoms with Gasteiger partial charge in [-0.3, -0.25) is 19.7 Å². The lowest BCUT2D eigenvalue weighted by molar-refractivity contribution is -0.0200. The van der Waals surface area contributed by atoms with E-state index in [4.69, 9.17) is 0 Å².